The Kier molecular flexibility index (Phi) is 4.72. The number of carbonyl (C=O) groups is 2. The van der Waals surface area contributed by atoms with Crippen LogP contribution < -0.4 is 4.74 Å². The summed E-state index contributed by atoms with van der Waals surface area (Å²) < 4.78 is 14.8. The second-order valence-corrected chi connectivity index (χ2v) is 4.24. The number of rotatable bonds is 3. The summed E-state index contributed by atoms with van der Waals surface area (Å²) in [7, 11) is 3.96. The molecule has 98 valence electrons. The van der Waals surface area contributed by atoms with E-state index in [1.165, 1.54) is 21.3 Å². The van der Waals surface area contributed by atoms with Crippen molar-refractivity contribution in [2.24, 2.45) is 0 Å². The first-order valence-corrected chi connectivity index (χ1v) is 5.80. The van der Waals surface area contributed by atoms with Crippen LogP contribution in [-0.2, 0) is 9.47 Å². The molecule has 0 saturated carbocycles. The summed E-state index contributed by atoms with van der Waals surface area (Å²) in [5.41, 5.74) is 0.834. The molecule has 0 aromatic heterocycles. The summed E-state index contributed by atoms with van der Waals surface area (Å²) in [6.45, 7) is 1.69. The molecule has 18 heavy (non-hydrogen) atoms. The average Bonchev–Trinajstić information content (AvgIpc) is 2.38. The van der Waals surface area contributed by atoms with E-state index in [2.05, 4.69) is 25.4 Å². The molecule has 0 saturated heterocycles. The van der Waals surface area contributed by atoms with E-state index in [9.17, 15) is 9.59 Å². The summed E-state index contributed by atoms with van der Waals surface area (Å²) in [5.74, 6) is -0.791. The summed E-state index contributed by atoms with van der Waals surface area (Å²) in [6, 6.07) is 1.64. The third kappa shape index (κ3) is 2.48. The zero-order valence-corrected chi connectivity index (χ0v) is 12.1. The van der Waals surface area contributed by atoms with E-state index in [1.807, 2.05) is 0 Å². The van der Waals surface area contributed by atoms with Gasteiger partial charge in [0.2, 0.25) is 0 Å². The molecule has 6 heteroatoms. The maximum Gasteiger partial charge on any atom is 0.340 e. The van der Waals surface area contributed by atoms with Gasteiger partial charge >= 0.3 is 11.9 Å². The highest BCUT2D eigenvalue weighted by molar-refractivity contribution is 9.10. The number of ether oxygens (including phenoxy) is 3. The molecule has 1 rings (SSSR count). The highest BCUT2D eigenvalue weighted by atomic mass is 79.9. The fraction of sp³-hybridized carbons (Fsp3) is 0.333. The van der Waals surface area contributed by atoms with E-state index in [0.29, 0.717) is 15.8 Å². The number of hydrogen-bond donors (Lipinski definition) is 0. The molecule has 1 aromatic rings. The summed E-state index contributed by atoms with van der Waals surface area (Å²) in [5, 5.41) is 0. The molecule has 0 aliphatic carbocycles. The Balaban J connectivity index is 3.63. The van der Waals surface area contributed by atoms with Crippen LogP contribution >= 0.6 is 15.9 Å². The maximum atomic E-state index is 11.8. The number of methoxy groups -OCH3 is 3. The van der Waals surface area contributed by atoms with Gasteiger partial charge in [0.15, 0.2) is 0 Å². The molecule has 1 aromatic carbocycles. The molecule has 0 heterocycles. The Morgan fingerprint density at radius 1 is 1.06 bits per heavy atom. The molecule has 0 aliphatic heterocycles. The van der Waals surface area contributed by atoms with E-state index in [0.717, 1.165) is 0 Å². The third-order valence-electron chi connectivity index (χ3n) is 2.43. The van der Waals surface area contributed by atoms with Gasteiger partial charge in [-0.25, -0.2) is 9.59 Å². The molecule has 0 amide bonds. The molecular formula is C12H13BrO5. The van der Waals surface area contributed by atoms with Gasteiger partial charge in [-0.2, -0.15) is 0 Å². The summed E-state index contributed by atoms with van der Waals surface area (Å²) in [6.07, 6.45) is 0. The van der Waals surface area contributed by atoms with E-state index < -0.39 is 11.9 Å². The lowest BCUT2D eigenvalue weighted by atomic mass is 10.0. The molecule has 0 atom stereocenters. The molecule has 0 spiro atoms. The van der Waals surface area contributed by atoms with Crippen LogP contribution in [0.15, 0.2) is 10.5 Å². The first kappa shape index (κ1) is 14.5. The smallest absolute Gasteiger partial charge is 0.340 e. The quantitative estimate of drug-likeness (QED) is 0.801. The molecule has 0 unspecified atom stereocenters. The lowest BCUT2D eigenvalue weighted by Gasteiger charge is -2.14. The van der Waals surface area contributed by atoms with Crippen LogP contribution in [0.4, 0.5) is 0 Å². The Hall–Kier alpha value is -1.56. The zero-order valence-electron chi connectivity index (χ0n) is 10.5. The minimum Gasteiger partial charge on any atom is -0.496 e. The first-order chi connectivity index (χ1) is 8.47. The normalized spacial score (nSPS) is 9.83. The van der Waals surface area contributed by atoms with E-state index >= 15 is 0 Å². The van der Waals surface area contributed by atoms with Gasteiger partial charge in [-0.1, -0.05) is 0 Å². The van der Waals surface area contributed by atoms with Crippen molar-refractivity contribution in [3.05, 3.63) is 27.2 Å². The lowest BCUT2D eigenvalue weighted by molar-refractivity contribution is 0.0553. The molecule has 0 aliphatic rings. The van der Waals surface area contributed by atoms with Crippen LogP contribution in [0.25, 0.3) is 0 Å². The predicted molar refractivity (Wildman–Crippen MR) is 68.1 cm³/mol. The Morgan fingerprint density at radius 3 is 2.00 bits per heavy atom. The molecule has 0 fully saturated rings. The fourth-order valence-electron chi connectivity index (χ4n) is 1.57. The van der Waals surface area contributed by atoms with Crippen LogP contribution in [0.2, 0.25) is 0 Å². The van der Waals surface area contributed by atoms with Crippen LogP contribution in [0.5, 0.6) is 5.75 Å². The van der Waals surface area contributed by atoms with Gasteiger partial charge in [0.25, 0.3) is 0 Å². The standard InChI is InChI=1S/C12H13BrO5/c1-6-5-7(16-2)10(13)9(12(15)18-4)8(6)11(14)17-3/h5H,1-4H3. The van der Waals surface area contributed by atoms with Crippen molar-refractivity contribution < 1.29 is 23.8 Å². The number of hydrogen-bond acceptors (Lipinski definition) is 5. The van der Waals surface area contributed by atoms with Gasteiger partial charge in [-0.3, -0.25) is 0 Å². The van der Waals surface area contributed by atoms with Gasteiger partial charge in [0.05, 0.1) is 36.9 Å². The second-order valence-electron chi connectivity index (χ2n) is 3.44. The highest BCUT2D eigenvalue weighted by Crippen LogP contribution is 2.34. The van der Waals surface area contributed by atoms with Crippen LogP contribution in [0.1, 0.15) is 26.3 Å². The van der Waals surface area contributed by atoms with E-state index in [1.54, 1.807) is 13.0 Å². The summed E-state index contributed by atoms with van der Waals surface area (Å²) in [4.78, 5) is 23.5. The van der Waals surface area contributed by atoms with Gasteiger partial charge in [-0.15, -0.1) is 0 Å². The third-order valence-corrected chi connectivity index (χ3v) is 3.21. The molecular weight excluding hydrogens is 304 g/mol. The average molecular weight is 317 g/mol. The topological polar surface area (TPSA) is 61.8 Å². The van der Waals surface area contributed by atoms with Crippen LogP contribution in [0.3, 0.4) is 0 Å². The van der Waals surface area contributed by atoms with Crippen molar-refractivity contribution >= 4 is 27.9 Å². The number of halogens is 1. The maximum absolute atomic E-state index is 11.8. The highest BCUT2D eigenvalue weighted by Gasteiger charge is 2.26. The Bertz CT molecular complexity index is 496. The Morgan fingerprint density at radius 2 is 1.56 bits per heavy atom. The van der Waals surface area contributed by atoms with Crippen LogP contribution in [-0.4, -0.2) is 33.3 Å². The zero-order chi connectivity index (χ0) is 13.9. The van der Waals surface area contributed by atoms with Crippen LogP contribution in [0, 0.1) is 6.92 Å². The minimum atomic E-state index is -0.635. The SMILES string of the molecule is COC(=O)c1c(C)cc(OC)c(Br)c1C(=O)OC. The van der Waals surface area contributed by atoms with Crippen molar-refractivity contribution in [3.8, 4) is 5.75 Å². The predicted octanol–water partition coefficient (Wildman–Crippen LogP) is 2.34. The monoisotopic (exact) mass is 316 g/mol. The van der Waals surface area contributed by atoms with E-state index in [-0.39, 0.29) is 11.1 Å². The molecule has 0 radical (unpaired) electrons. The summed E-state index contributed by atoms with van der Waals surface area (Å²) >= 11 is 3.23. The van der Waals surface area contributed by atoms with Gasteiger partial charge in [0.1, 0.15) is 5.75 Å². The van der Waals surface area contributed by atoms with Crippen molar-refractivity contribution in [2.45, 2.75) is 6.92 Å². The van der Waals surface area contributed by atoms with E-state index in [4.69, 9.17) is 4.74 Å². The molecule has 0 bridgehead atoms. The van der Waals surface area contributed by atoms with Gasteiger partial charge in [-0.05, 0) is 34.5 Å². The van der Waals surface area contributed by atoms with Crippen molar-refractivity contribution in [2.75, 3.05) is 21.3 Å². The number of esters is 2. The van der Waals surface area contributed by atoms with Crippen molar-refractivity contribution in [3.63, 3.8) is 0 Å². The number of carbonyl (C=O) groups excluding carboxylic acids is 2. The van der Waals surface area contributed by atoms with Crippen molar-refractivity contribution in [1.82, 2.24) is 0 Å². The lowest BCUT2D eigenvalue weighted by Crippen LogP contribution is -2.15. The van der Waals surface area contributed by atoms with Gasteiger partial charge < -0.3 is 14.2 Å². The number of aryl methyl sites for hydroxylation is 1. The Labute approximate surface area is 113 Å². The first-order valence-electron chi connectivity index (χ1n) is 5.01. The van der Waals surface area contributed by atoms with Gasteiger partial charge in [0, 0.05) is 0 Å². The van der Waals surface area contributed by atoms with Crippen molar-refractivity contribution in [1.29, 1.82) is 0 Å². The largest absolute Gasteiger partial charge is 0.496 e. The number of benzene rings is 1. The molecule has 5 nitrogen and oxygen atoms in total. The fourth-order valence-corrected chi connectivity index (χ4v) is 2.21. The molecule has 0 N–H and O–H groups in total. The second kappa shape index (κ2) is 5.86. The minimum absolute atomic E-state index is 0.0983.